The first-order valence-corrected chi connectivity index (χ1v) is 10.9. The molecule has 1 heterocycles. The summed E-state index contributed by atoms with van der Waals surface area (Å²) in [6.45, 7) is 2.21. The minimum Gasteiger partial charge on any atom is -0.435 e. The number of likely N-dealkylation sites (tertiary alicyclic amines) is 1. The zero-order valence-corrected chi connectivity index (χ0v) is 18.3. The second kappa shape index (κ2) is 12.0. The van der Waals surface area contributed by atoms with Gasteiger partial charge in [0.05, 0.1) is 6.54 Å². The van der Waals surface area contributed by atoms with E-state index in [9.17, 15) is 13.6 Å². The summed E-state index contributed by atoms with van der Waals surface area (Å²) in [5.41, 5.74) is 2.00. The molecular formula is C24H30F2N4O2. The largest absolute Gasteiger partial charge is 0.435 e. The van der Waals surface area contributed by atoms with E-state index < -0.39 is 6.61 Å². The van der Waals surface area contributed by atoms with Gasteiger partial charge < -0.3 is 20.3 Å². The van der Waals surface area contributed by atoms with Crippen LogP contribution in [0.25, 0.3) is 0 Å². The van der Waals surface area contributed by atoms with Crippen molar-refractivity contribution in [2.75, 3.05) is 26.2 Å². The molecule has 0 spiro atoms. The van der Waals surface area contributed by atoms with E-state index in [-0.39, 0.29) is 17.6 Å². The van der Waals surface area contributed by atoms with Crippen molar-refractivity contribution in [2.45, 2.75) is 32.9 Å². The number of guanidine groups is 1. The molecule has 0 bridgehead atoms. The highest BCUT2D eigenvalue weighted by Crippen LogP contribution is 2.18. The Bertz CT molecular complexity index is 893. The van der Waals surface area contributed by atoms with Crippen molar-refractivity contribution >= 4 is 11.9 Å². The fraction of sp³-hybridized carbons (Fsp3) is 0.417. The second-order valence-corrected chi connectivity index (χ2v) is 7.75. The SMILES string of the molecule is CCNC(=NCc1cccc(OC(F)F)c1)NCC1CC(=O)N(CCc2ccccc2)C1. The summed E-state index contributed by atoms with van der Waals surface area (Å²) in [6.07, 6.45) is 1.37. The molecule has 1 saturated heterocycles. The third-order valence-electron chi connectivity index (χ3n) is 5.25. The van der Waals surface area contributed by atoms with E-state index in [1.54, 1.807) is 12.1 Å². The van der Waals surface area contributed by atoms with Gasteiger partial charge in [0.1, 0.15) is 5.75 Å². The molecule has 8 heteroatoms. The van der Waals surface area contributed by atoms with Crippen LogP contribution in [0.2, 0.25) is 0 Å². The number of carbonyl (C=O) groups excluding carboxylic acids is 1. The number of rotatable bonds is 10. The summed E-state index contributed by atoms with van der Waals surface area (Å²) in [7, 11) is 0. The van der Waals surface area contributed by atoms with Crippen LogP contribution in [0, 0.1) is 5.92 Å². The zero-order chi connectivity index (χ0) is 22.8. The maximum Gasteiger partial charge on any atom is 0.387 e. The smallest absolute Gasteiger partial charge is 0.387 e. The van der Waals surface area contributed by atoms with E-state index in [0.717, 1.165) is 25.1 Å². The molecule has 1 amide bonds. The number of aliphatic imine (C=N–C) groups is 1. The molecule has 1 fully saturated rings. The quantitative estimate of drug-likeness (QED) is 0.435. The van der Waals surface area contributed by atoms with Crippen LogP contribution in [0.4, 0.5) is 8.78 Å². The molecular weight excluding hydrogens is 414 g/mol. The Hall–Kier alpha value is -3.16. The Morgan fingerprint density at radius 3 is 2.69 bits per heavy atom. The number of halogens is 2. The van der Waals surface area contributed by atoms with Crippen molar-refractivity contribution in [3.8, 4) is 5.75 Å². The number of hydrogen-bond donors (Lipinski definition) is 2. The lowest BCUT2D eigenvalue weighted by atomic mass is 10.1. The van der Waals surface area contributed by atoms with Gasteiger partial charge in [0, 0.05) is 38.5 Å². The highest BCUT2D eigenvalue weighted by Gasteiger charge is 2.29. The second-order valence-electron chi connectivity index (χ2n) is 7.75. The average Bonchev–Trinajstić information content (AvgIpc) is 3.14. The molecule has 32 heavy (non-hydrogen) atoms. The summed E-state index contributed by atoms with van der Waals surface area (Å²) in [6, 6.07) is 16.7. The van der Waals surface area contributed by atoms with Crippen LogP contribution in [0.3, 0.4) is 0 Å². The standard InChI is InChI=1S/C24H30F2N4O2/c1-2-27-24(28-15-19-9-6-10-21(13-19)32-23(25)26)29-16-20-14-22(31)30(17-20)12-11-18-7-4-3-5-8-18/h3-10,13,20,23H,2,11-12,14-17H2,1H3,(H2,27,28,29). The minimum atomic E-state index is -2.85. The van der Waals surface area contributed by atoms with Crippen molar-refractivity contribution in [2.24, 2.45) is 10.9 Å². The predicted octanol–water partition coefficient (Wildman–Crippen LogP) is 3.43. The lowest BCUT2D eigenvalue weighted by molar-refractivity contribution is -0.127. The molecule has 2 aromatic carbocycles. The van der Waals surface area contributed by atoms with E-state index in [0.29, 0.717) is 32.0 Å². The number of amides is 1. The fourth-order valence-corrected chi connectivity index (χ4v) is 3.69. The molecule has 0 aliphatic carbocycles. The molecule has 6 nitrogen and oxygen atoms in total. The molecule has 0 saturated carbocycles. The van der Waals surface area contributed by atoms with Gasteiger partial charge in [-0.15, -0.1) is 0 Å². The van der Waals surface area contributed by atoms with Gasteiger partial charge in [0.15, 0.2) is 5.96 Å². The molecule has 2 N–H and O–H groups in total. The minimum absolute atomic E-state index is 0.116. The van der Waals surface area contributed by atoms with Crippen molar-refractivity contribution in [1.82, 2.24) is 15.5 Å². The summed E-state index contributed by atoms with van der Waals surface area (Å²) in [4.78, 5) is 18.8. The Kier molecular flexibility index (Phi) is 8.83. The third kappa shape index (κ3) is 7.51. The Morgan fingerprint density at radius 2 is 1.94 bits per heavy atom. The van der Waals surface area contributed by atoms with Gasteiger partial charge in [-0.05, 0) is 36.6 Å². The van der Waals surface area contributed by atoms with E-state index >= 15 is 0 Å². The molecule has 2 aromatic rings. The number of alkyl halides is 2. The average molecular weight is 445 g/mol. The number of nitrogens with one attached hydrogen (secondary N) is 2. The Labute approximate surface area is 187 Å². The van der Waals surface area contributed by atoms with E-state index in [4.69, 9.17) is 0 Å². The third-order valence-corrected chi connectivity index (χ3v) is 5.25. The van der Waals surface area contributed by atoms with Crippen LogP contribution in [-0.2, 0) is 17.8 Å². The molecule has 0 aromatic heterocycles. The van der Waals surface area contributed by atoms with Crippen LogP contribution in [0.5, 0.6) is 5.75 Å². The first-order valence-electron chi connectivity index (χ1n) is 10.9. The van der Waals surface area contributed by atoms with Crippen molar-refractivity contribution < 1.29 is 18.3 Å². The molecule has 3 rings (SSSR count). The van der Waals surface area contributed by atoms with Gasteiger partial charge in [0.25, 0.3) is 0 Å². The number of nitrogens with zero attached hydrogens (tertiary/aromatic N) is 2. The summed E-state index contributed by atoms with van der Waals surface area (Å²) in [5, 5.41) is 6.49. The topological polar surface area (TPSA) is 66.0 Å². The molecule has 0 radical (unpaired) electrons. The monoisotopic (exact) mass is 444 g/mol. The number of carbonyl (C=O) groups is 1. The first-order chi connectivity index (χ1) is 15.5. The normalized spacial score (nSPS) is 16.5. The molecule has 1 unspecified atom stereocenters. The predicted molar refractivity (Wildman–Crippen MR) is 121 cm³/mol. The van der Waals surface area contributed by atoms with Gasteiger partial charge in [-0.3, -0.25) is 4.79 Å². The van der Waals surface area contributed by atoms with Gasteiger partial charge in [-0.2, -0.15) is 8.78 Å². The van der Waals surface area contributed by atoms with E-state index in [2.05, 4.69) is 32.5 Å². The lowest BCUT2D eigenvalue weighted by Crippen LogP contribution is -2.40. The van der Waals surface area contributed by atoms with Gasteiger partial charge >= 0.3 is 6.61 Å². The summed E-state index contributed by atoms with van der Waals surface area (Å²) in [5.74, 6) is 1.14. The number of ether oxygens (including phenoxy) is 1. The van der Waals surface area contributed by atoms with Gasteiger partial charge in [-0.1, -0.05) is 42.5 Å². The van der Waals surface area contributed by atoms with Crippen LogP contribution in [-0.4, -0.2) is 49.6 Å². The molecule has 172 valence electrons. The van der Waals surface area contributed by atoms with Crippen molar-refractivity contribution in [3.63, 3.8) is 0 Å². The highest BCUT2D eigenvalue weighted by atomic mass is 19.3. The van der Waals surface area contributed by atoms with Crippen LogP contribution < -0.4 is 15.4 Å². The molecule has 1 atom stereocenters. The molecule has 1 aliphatic rings. The lowest BCUT2D eigenvalue weighted by Gasteiger charge is -2.18. The van der Waals surface area contributed by atoms with Gasteiger partial charge in [0.2, 0.25) is 5.91 Å². The number of hydrogen-bond acceptors (Lipinski definition) is 3. The van der Waals surface area contributed by atoms with Crippen LogP contribution in [0.15, 0.2) is 59.6 Å². The van der Waals surface area contributed by atoms with Gasteiger partial charge in [-0.25, -0.2) is 4.99 Å². The van der Waals surface area contributed by atoms with Crippen molar-refractivity contribution in [3.05, 3.63) is 65.7 Å². The highest BCUT2D eigenvalue weighted by molar-refractivity contribution is 5.81. The van der Waals surface area contributed by atoms with Crippen LogP contribution >= 0.6 is 0 Å². The Morgan fingerprint density at radius 1 is 1.16 bits per heavy atom. The van der Waals surface area contributed by atoms with E-state index in [1.165, 1.54) is 11.6 Å². The summed E-state index contributed by atoms with van der Waals surface area (Å²) >= 11 is 0. The Balaban J connectivity index is 1.49. The van der Waals surface area contributed by atoms with Crippen LogP contribution in [0.1, 0.15) is 24.5 Å². The van der Waals surface area contributed by atoms with Crippen molar-refractivity contribution in [1.29, 1.82) is 0 Å². The zero-order valence-electron chi connectivity index (χ0n) is 18.3. The molecule has 1 aliphatic heterocycles. The fourth-order valence-electron chi connectivity index (χ4n) is 3.69. The maximum absolute atomic E-state index is 12.4. The maximum atomic E-state index is 12.4. The number of benzene rings is 2. The van der Waals surface area contributed by atoms with E-state index in [1.807, 2.05) is 36.1 Å². The first kappa shape index (κ1) is 23.5. The summed E-state index contributed by atoms with van der Waals surface area (Å²) < 4.78 is 29.3.